The molecule has 5 heteroatoms. The molecule has 0 aromatic heterocycles. The summed E-state index contributed by atoms with van der Waals surface area (Å²) in [4.78, 5) is 22.0. The van der Waals surface area contributed by atoms with Gasteiger partial charge >= 0.3 is 11.9 Å². The summed E-state index contributed by atoms with van der Waals surface area (Å²) in [5.41, 5.74) is 0. The number of aliphatic hydroxyl groups excluding tert-OH is 1. The minimum absolute atomic E-state index is 0.0103. The number of methoxy groups -OCH3 is 1. The first kappa shape index (κ1) is 15.9. The average Bonchev–Trinajstić information content (AvgIpc) is 2.22. The van der Waals surface area contributed by atoms with Crippen LogP contribution in [-0.2, 0) is 19.1 Å². The second-order valence-electron chi connectivity index (χ2n) is 4.22. The quantitative estimate of drug-likeness (QED) is 0.518. The maximum atomic E-state index is 11.2. The molecule has 0 rings (SSSR count). The van der Waals surface area contributed by atoms with Gasteiger partial charge in [0.25, 0.3) is 0 Å². The van der Waals surface area contributed by atoms with E-state index < -0.39 is 6.10 Å². The molecule has 0 aliphatic carbocycles. The average molecular weight is 246 g/mol. The van der Waals surface area contributed by atoms with Gasteiger partial charge in [-0.05, 0) is 26.7 Å². The van der Waals surface area contributed by atoms with Crippen LogP contribution in [0.2, 0.25) is 0 Å². The monoisotopic (exact) mass is 246 g/mol. The van der Waals surface area contributed by atoms with Gasteiger partial charge in [-0.3, -0.25) is 9.59 Å². The van der Waals surface area contributed by atoms with E-state index in [1.807, 2.05) is 0 Å². The Hall–Kier alpha value is -1.10. The number of carbonyl (C=O) groups excluding carboxylic acids is 2. The van der Waals surface area contributed by atoms with E-state index >= 15 is 0 Å². The van der Waals surface area contributed by atoms with Crippen molar-refractivity contribution >= 4 is 11.9 Å². The molecule has 0 unspecified atom stereocenters. The zero-order valence-electron chi connectivity index (χ0n) is 10.8. The van der Waals surface area contributed by atoms with Crippen molar-refractivity contribution in [2.45, 2.75) is 58.2 Å². The number of rotatable bonds is 8. The lowest BCUT2D eigenvalue weighted by Crippen LogP contribution is -2.18. The smallest absolute Gasteiger partial charge is 0.308 e. The number of carbonyl (C=O) groups is 2. The van der Waals surface area contributed by atoms with E-state index in [9.17, 15) is 14.7 Å². The van der Waals surface area contributed by atoms with E-state index in [4.69, 9.17) is 4.74 Å². The molecule has 0 saturated carbocycles. The topological polar surface area (TPSA) is 72.8 Å². The fraction of sp³-hybridized carbons (Fsp3) is 0.833. The molecule has 0 spiro atoms. The van der Waals surface area contributed by atoms with Gasteiger partial charge in [0.1, 0.15) is 0 Å². The van der Waals surface area contributed by atoms with E-state index in [1.54, 1.807) is 13.8 Å². The molecule has 0 amide bonds. The summed E-state index contributed by atoms with van der Waals surface area (Å²) < 4.78 is 9.40. The van der Waals surface area contributed by atoms with Crippen LogP contribution in [0.25, 0.3) is 0 Å². The summed E-state index contributed by atoms with van der Waals surface area (Å²) in [7, 11) is 1.35. The molecule has 1 atom stereocenters. The van der Waals surface area contributed by atoms with E-state index in [0.717, 1.165) is 0 Å². The second kappa shape index (κ2) is 8.98. The standard InChI is InChI=1S/C12H22O5/c1-9(2)17-12(15)8-10(13)6-4-5-7-11(14)16-3/h9-10,13H,4-8H2,1-3H3/t10-/m0/s1. The maximum absolute atomic E-state index is 11.2. The van der Waals surface area contributed by atoms with Crippen molar-refractivity contribution < 1.29 is 24.2 Å². The Balaban J connectivity index is 3.55. The molecule has 0 aliphatic rings. The molecule has 100 valence electrons. The Kier molecular flexibility index (Phi) is 8.40. The Morgan fingerprint density at radius 2 is 1.82 bits per heavy atom. The number of esters is 2. The van der Waals surface area contributed by atoms with Gasteiger partial charge in [0.05, 0.1) is 25.7 Å². The van der Waals surface area contributed by atoms with E-state index in [1.165, 1.54) is 7.11 Å². The number of hydrogen-bond acceptors (Lipinski definition) is 5. The first-order valence-corrected chi connectivity index (χ1v) is 5.90. The van der Waals surface area contributed by atoms with Gasteiger partial charge in [-0.2, -0.15) is 0 Å². The Bertz CT molecular complexity index is 237. The highest BCUT2D eigenvalue weighted by Gasteiger charge is 2.13. The number of hydrogen-bond donors (Lipinski definition) is 1. The lowest BCUT2D eigenvalue weighted by Gasteiger charge is -2.11. The third-order valence-corrected chi connectivity index (χ3v) is 2.17. The Morgan fingerprint density at radius 1 is 1.18 bits per heavy atom. The number of aliphatic hydroxyl groups is 1. The summed E-state index contributed by atoms with van der Waals surface area (Å²) in [5.74, 6) is -0.640. The normalized spacial score (nSPS) is 12.3. The van der Waals surface area contributed by atoms with Gasteiger partial charge in [-0.25, -0.2) is 0 Å². The molecule has 0 radical (unpaired) electrons. The summed E-state index contributed by atoms with van der Waals surface area (Å²) in [6, 6.07) is 0. The predicted molar refractivity (Wildman–Crippen MR) is 62.3 cm³/mol. The Labute approximate surface area is 102 Å². The van der Waals surface area contributed by atoms with Gasteiger partial charge in [-0.1, -0.05) is 6.42 Å². The minimum atomic E-state index is -0.695. The van der Waals surface area contributed by atoms with E-state index in [2.05, 4.69) is 4.74 Å². The zero-order chi connectivity index (χ0) is 13.3. The molecule has 17 heavy (non-hydrogen) atoms. The molecule has 0 aromatic carbocycles. The largest absolute Gasteiger partial charge is 0.469 e. The third kappa shape index (κ3) is 9.81. The highest BCUT2D eigenvalue weighted by Crippen LogP contribution is 2.08. The predicted octanol–water partition coefficient (Wildman–Crippen LogP) is 1.42. The van der Waals surface area contributed by atoms with Gasteiger partial charge in [-0.15, -0.1) is 0 Å². The Morgan fingerprint density at radius 3 is 2.35 bits per heavy atom. The van der Waals surface area contributed by atoms with Crippen molar-refractivity contribution in [3.8, 4) is 0 Å². The van der Waals surface area contributed by atoms with Crippen molar-refractivity contribution in [3.63, 3.8) is 0 Å². The minimum Gasteiger partial charge on any atom is -0.469 e. The number of unbranched alkanes of at least 4 members (excludes halogenated alkanes) is 1. The van der Waals surface area contributed by atoms with E-state index in [0.29, 0.717) is 25.7 Å². The second-order valence-corrected chi connectivity index (χ2v) is 4.22. The molecule has 0 fully saturated rings. The van der Waals surface area contributed by atoms with Crippen LogP contribution in [0.4, 0.5) is 0 Å². The highest BCUT2D eigenvalue weighted by molar-refractivity contribution is 5.70. The van der Waals surface area contributed by atoms with Gasteiger partial charge in [0.2, 0.25) is 0 Å². The van der Waals surface area contributed by atoms with Crippen molar-refractivity contribution in [2.75, 3.05) is 7.11 Å². The third-order valence-electron chi connectivity index (χ3n) is 2.17. The van der Waals surface area contributed by atoms with Crippen LogP contribution in [0.1, 0.15) is 46.0 Å². The molecule has 0 heterocycles. The summed E-state index contributed by atoms with van der Waals surface area (Å²) >= 11 is 0. The molecule has 0 saturated heterocycles. The van der Waals surface area contributed by atoms with Gasteiger partial charge < -0.3 is 14.6 Å². The molecular formula is C12H22O5. The van der Waals surface area contributed by atoms with Crippen LogP contribution >= 0.6 is 0 Å². The van der Waals surface area contributed by atoms with Crippen molar-refractivity contribution in [3.05, 3.63) is 0 Å². The van der Waals surface area contributed by atoms with Crippen LogP contribution in [0.15, 0.2) is 0 Å². The van der Waals surface area contributed by atoms with Gasteiger partial charge in [0.15, 0.2) is 0 Å². The zero-order valence-corrected chi connectivity index (χ0v) is 10.8. The molecule has 0 bridgehead atoms. The van der Waals surface area contributed by atoms with Crippen LogP contribution in [0.5, 0.6) is 0 Å². The van der Waals surface area contributed by atoms with Crippen LogP contribution in [-0.4, -0.2) is 36.4 Å². The highest BCUT2D eigenvalue weighted by atomic mass is 16.5. The molecule has 0 aliphatic heterocycles. The van der Waals surface area contributed by atoms with Crippen LogP contribution in [0.3, 0.4) is 0 Å². The first-order valence-electron chi connectivity index (χ1n) is 5.90. The lowest BCUT2D eigenvalue weighted by atomic mass is 10.1. The summed E-state index contributed by atoms with van der Waals surface area (Å²) in [5, 5.41) is 9.54. The summed E-state index contributed by atoms with van der Waals surface area (Å²) in [6.45, 7) is 3.53. The lowest BCUT2D eigenvalue weighted by molar-refractivity contribution is -0.149. The van der Waals surface area contributed by atoms with Crippen molar-refractivity contribution in [1.29, 1.82) is 0 Å². The fourth-order valence-electron chi connectivity index (χ4n) is 1.36. The summed E-state index contributed by atoms with van der Waals surface area (Å²) in [6.07, 6.45) is 1.34. The number of ether oxygens (including phenoxy) is 2. The van der Waals surface area contributed by atoms with E-state index in [-0.39, 0.29) is 24.5 Å². The molecule has 0 aromatic rings. The molecule has 5 nitrogen and oxygen atoms in total. The molecular weight excluding hydrogens is 224 g/mol. The fourth-order valence-corrected chi connectivity index (χ4v) is 1.36. The maximum Gasteiger partial charge on any atom is 0.308 e. The molecule has 1 N–H and O–H groups in total. The SMILES string of the molecule is COC(=O)CCCC[C@H](O)CC(=O)OC(C)C. The first-order chi connectivity index (χ1) is 7.95. The van der Waals surface area contributed by atoms with Crippen LogP contribution in [0, 0.1) is 0 Å². The van der Waals surface area contributed by atoms with Crippen LogP contribution < -0.4 is 0 Å². The van der Waals surface area contributed by atoms with Crippen molar-refractivity contribution in [1.82, 2.24) is 0 Å². The van der Waals surface area contributed by atoms with Crippen molar-refractivity contribution in [2.24, 2.45) is 0 Å². The van der Waals surface area contributed by atoms with Gasteiger partial charge in [0, 0.05) is 6.42 Å².